The molecule has 1 amide bonds. The molecule has 5 aromatic rings. The average molecular weight is 578 g/mol. The number of hydrogen-bond donors (Lipinski definition) is 1. The molecule has 0 saturated heterocycles. The third-order valence-electron chi connectivity index (χ3n) is 5.97. The number of amides is 1. The third-order valence-corrected chi connectivity index (χ3v) is 5.97. The molecule has 3 heterocycles. The van der Waals surface area contributed by atoms with Gasteiger partial charge >= 0.3 is 11.9 Å². The van der Waals surface area contributed by atoms with Crippen molar-refractivity contribution in [2.75, 3.05) is 5.32 Å². The van der Waals surface area contributed by atoms with Gasteiger partial charge in [0.25, 0.3) is 11.5 Å². The first-order chi connectivity index (χ1) is 20.0. The van der Waals surface area contributed by atoms with Crippen LogP contribution in [0.2, 0.25) is 0 Å². The Hall–Kier alpha value is -5.66. The molecule has 10 nitrogen and oxygen atoms in total. The van der Waals surface area contributed by atoms with Crippen molar-refractivity contribution < 1.29 is 27.1 Å². The number of halogens is 4. The van der Waals surface area contributed by atoms with Gasteiger partial charge in [-0.3, -0.25) is 24.1 Å². The minimum atomic E-state index is -4.71. The summed E-state index contributed by atoms with van der Waals surface area (Å²) < 4.78 is 61.3. The van der Waals surface area contributed by atoms with Crippen LogP contribution >= 0.6 is 0 Å². The van der Waals surface area contributed by atoms with Crippen LogP contribution in [-0.4, -0.2) is 30.2 Å². The summed E-state index contributed by atoms with van der Waals surface area (Å²) in [5.41, 5.74) is -3.24. The second-order valence-corrected chi connectivity index (χ2v) is 8.77. The molecule has 42 heavy (non-hydrogen) atoms. The number of nitrogens with one attached hydrogen (secondary N) is 1. The third kappa shape index (κ3) is 5.63. The number of hydrogen-bond acceptors (Lipinski definition) is 7. The highest BCUT2D eigenvalue weighted by Gasteiger charge is 2.31. The fourth-order valence-corrected chi connectivity index (χ4v) is 3.88. The second-order valence-electron chi connectivity index (χ2n) is 8.77. The van der Waals surface area contributed by atoms with Crippen LogP contribution in [0.15, 0.2) is 95.0 Å². The molecular formula is C28H18F4N6O4. The molecule has 212 valence electrons. The van der Waals surface area contributed by atoms with E-state index in [0.717, 1.165) is 31.3 Å². The Labute approximate surface area is 233 Å². The summed E-state index contributed by atoms with van der Waals surface area (Å²) in [6, 6.07) is 12.2. The predicted octanol–water partition coefficient (Wildman–Crippen LogP) is 4.59. The van der Waals surface area contributed by atoms with E-state index in [-0.39, 0.29) is 17.1 Å². The highest BCUT2D eigenvalue weighted by molar-refractivity contribution is 6.02. The first kappa shape index (κ1) is 27.9. The lowest BCUT2D eigenvalue weighted by molar-refractivity contribution is -0.137. The van der Waals surface area contributed by atoms with Crippen molar-refractivity contribution >= 4 is 11.6 Å². The van der Waals surface area contributed by atoms with Crippen LogP contribution in [0.3, 0.4) is 0 Å². The Balaban J connectivity index is 1.42. The zero-order chi connectivity index (χ0) is 30.0. The van der Waals surface area contributed by atoms with Crippen molar-refractivity contribution in [1.29, 1.82) is 0 Å². The number of pyridine rings is 2. The number of anilines is 1. The first-order valence-electron chi connectivity index (χ1n) is 12.0. The molecule has 0 aliphatic carbocycles. The van der Waals surface area contributed by atoms with E-state index in [1.165, 1.54) is 30.6 Å². The summed E-state index contributed by atoms with van der Waals surface area (Å²) >= 11 is 0. The van der Waals surface area contributed by atoms with Gasteiger partial charge < -0.3 is 10.1 Å². The van der Waals surface area contributed by atoms with Gasteiger partial charge in [-0.2, -0.15) is 23.0 Å². The maximum atomic E-state index is 15.0. The monoisotopic (exact) mass is 578 g/mol. The topological polar surface area (TPSA) is 121 Å². The molecule has 0 aliphatic heterocycles. The van der Waals surface area contributed by atoms with Crippen molar-refractivity contribution in [3.63, 3.8) is 0 Å². The number of carbonyl (C=O) groups excluding carboxylic acids is 1. The number of aromatic nitrogens is 5. The van der Waals surface area contributed by atoms with Gasteiger partial charge in [0.05, 0.1) is 11.3 Å². The summed E-state index contributed by atoms with van der Waals surface area (Å²) in [6.07, 6.45) is 1.48. The fraction of sp³-hybridized carbons (Fsp3) is 0.0714. The molecule has 5 rings (SSSR count). The van der Waals surface area contributed by atoms with Crippen LogP contribution in [0.1, 0.15) is 16.1 Å². The molecule has 0 atom stereocenters. The number of ether oxygens (including phenoxy) is 1. The predicted molar refractivity (Wildman–Crippen MR) is 142 cm³/mol. The van der Waals surface area contributed by atoms with Crippen LogP contribution in [-0.2, 0) is 13.2 Å². The largest absolute Gasteiger partial charge is 0.454 e. The quantitative estimate of drug-likeness (QED) is 0.293. The van der Waals surface area contributed by atoms with Crippen molar-refractivity contribution in [2.45, 2.75) is 6.18 Å². The molecular weight excluding hydrogens is 560 g/mol. The van der Waals surface area contributed by atoms with E-state index in [1.807, 2.05) is 0 Å². The highest BCUT2D eigenvalue weighted by Crippen LogP contribution is 2.34. The molecule has 0 radical (unpaired) electrons. The SMILES string of the molecule is Cn1c(=O)c(C(=O)Nc2ccc(Oc3ccncc3-c3cccnc3)c(F)c2)nn(-c2cccc(C(F)(F)F)c2)c1=O. The Morgan fingerprint density at radius 1 is 0.929 bits per heavy atom. The Morgan fingerprint density at radius 2 is 1.71 bits per heavy atom. The van der Waals surface area contributed by atoms with Gasteiger partial charge in [0.15, 0.2) is 11.6 Å². The normalized spacial score (nSPS) is 11.3. The van der Waals surface area contributed by atoms with Crippen molar-refractivity contribution in [3.8, 4) is 28.3 Å². The number of benzene rings is 2. The van der Waals surface area contributed by atoms with Gasteiger partial charge in [-0.05, 0) is 42.5 Å². The van der Waals surface area contributed by atoms with E-state index in [2.05, 4.69) is 20.4 Å². The standard InChI is InChI=1S/C28H18F4N6O4/c1-37-26(40)24(36-38(27(37)41)19-6-2-5-17(12-19)28(30,31)32)25(39)35-18-7-8-23(21(29)13-18)42-22-9-11-34-15-20(22)16-4-3-10-33-14-16/h2-15H,1H3,(H,35,39). The average Bonchev–Trinajstić information content (AvgIpc) is 2.98. The molecule has 0 saturated carbocycles. The first-order valence-corrected chi connectivity index (χ1v) is 12.0. The summed E-state index contributed by atoms with van der Waals surface area (Å²) in [4.78, 5) is 46.3. The Bertz CT molecular complexity index is 1920. The van der Waals surface area contributed by atoms with Crippen molar-refractivity contribution in [3.05, 3.63) is 123 Å². The smallest absolute Gasteiger partial charge is 0.416 e. The van der Waals surface area contributed by atoms with Crippen molar-refractivity contribution in [2.24, 2.45) is 7.05 Å². The van der Waals surface area contributed by atoms with Gasteiger partial charge in [-0.1, -0.05) is 12.1 Å². The molecule has 0 bridgehead atoms. The number of alkyl halides is 3. The summed E-state index contributed by atoms with van der Waals surface area (Å²) in [5.74, 6) is -1.89. The van der Waals surface area contributed by atoms with E-state index < -0.39 is 40.4 Å². The number of rotatable bonds is 6. The fourth-order valence-electron chi connectivity index (χ4n) is 3.88. The molecule has 0 unspecified atom stereocenters. The zero-order valence-electron chi connectivity index (χ0n) is 21.5. The van der Waals surface area contributed by atoms with Gasteiger partial charge in [0.1, 0.15) is 5.75 Å². The van der Waals surface area contributed by atoms with E-state index in [4.69, 9.17) is 4.74 Å². The maximum Gasteiger partial charge on any atom is 0.416 e. The molecule has 0 fully saturated rings. The van der Waals surface area contributed by atoms with Crippen LogP contribution in [0.5, 0.6) is 11.5 Å². The van der Waals surface area contributed by atoms with Gasteiger partial charge in [0, 0.05) is 54.7 Å². The molecule has 1 N–H and O–H groups in total. The summed E-state index contributed by atoms with van der Waals surface area (Å²) in [7, 11) is 1.04. The Kier molecular flexibility index (Phi) is 7.35. The zero-order valence-corrected chi connectivity index (χ0v) is 21.5. The molecule has 14 heteroatoms. The van der Waals surface area contributed by atoms with E-state index in [1.54, 1.807) is 24.5 Å². The lowest BCUT2D eigenvalue weighted by atomic mass is 10.1. The van der Waals surface area contributed by atoms with Gasteiger partial charge in [-0.25, -0.2) is 9.18 Å². The maximum absolute atomic E-state index is 15.0. The molecule has 3 aromatic heterocycles. The highest BCUT2D eigenvalue weighted by atomic mass is 19.4. The second kappa shape index (κ2) is 11.1. The van der Waals surface area contributed by atoms with Crippen molar-refractivity contribution in [1.82, 2.24) is 24.3 Å². The van der Waals surface area contributed by atoms with Crippen LogP contribution in [0.25, 0.3) is 16.8 Å². The summed E-state index contributed by atoms with van der Waals surface area (Å²) in [5, 5.41) is 6.02. The van der Waals surface area contributed by atoms with E-state index in [0.29, 0.717) is 32.2 Å². The lowest BCUT2D eigenvalue weighted by Gasteiger charge is -2.13. The van der Waals surface area contributed by atoms with E-state index in [9.17, 15) is 27.6 Å². The van der Waals surface area contributed by atoms with Gasteiger partial charge in [-0.15, -0.1) is 0 Å². The van der Waals surface area contributed by atoms with Gasteiger partial charge in [0.2, 0.25) is 5.69 Å². The minimum absolute atomic E-state index is 0.0901. The minimum Gasteiger partial charge on any atom is -0.454 e. The molecule has 0 aliphatic rings. The number of carbonyl (C=O) groups is 1. The van der Waals surface area contributed by atoms with E-state index >= 15 is 4.39 Å². The lowest BCUT2D eigenvalue weighted by Crippen LogP contribution is -2.43. The van der Waals surface area contributed by atoms with Crippen LogP contribution in [0, 0.1) is 5.82 Å². The molecule has 2 aromatic carbocycles. The number of nitrogens with zero attached hydrogens (tertiary/aromatic N) is 5. The van der Waals surface area contributed by atoms with Crippen LogP contribution < -0.4 is 21.3 Å². The Morgan fingerprint density at radius 3 is 2.43 bits per heavy atom. The molecule has 0 spiro atoms. The van der Waals surface area contributed by atoms with Crippen LogP contribution in [0.4, 0.5) is 23.2 Å². The summed E-state index contributed by atoms with van der Waals surface area (Å²) in [6.45, 7) is 0.